The number of hydrogen-bond acceptors (Lipinski definition) is 2. The minimum Gasteiger partial charge on any atom is -0.371 e. The molecule has 1 aliphatic heterocycles. The summed E-state index contributed by atoms with van der Waals surface area (Å²) >= 11 is 0. The van der Waals surface area contributed by atoms with Gasteiger partial charge >= 0.3 is 0 Å². The number of piperidine rings is 1. The van der Waals surface area contributed by atoms with E-state index in [0.29, 0.717) is 12.2 Å². The minimum absolute atomic E-state index is 0.211. The van der Waals surface area contributed by atoms with Crippen LogP contribution in [0.15, 0.2) is 18.2 Å². The molecule has 0 spiro atoms. The Hall–Kier alpha value is -1.65. The number of halogens is 2. The van der Waals surface area contributed by atoms with Crippen molar-refractivity contribution in [1.82, 2.24) is 0 Å². The second kappa shape index (κ2) is 4.69. The number of anilines is 1. The van der Waals surface area contributed by atoms with Crippen LogP contribution in [0.1, 0.15) is 12.8 Å². The Balaban J connectivity index is 2.16. The molecule has 1 atom stereocenters. The van der Waals surface area contributed by atoms with Crippen LogP contribution in [0.25, 0.3) is 0 Å². The summed E-state index contributed by atoms with van der Waals surface area (Å²) in [4.78, 5) is 13.0. The van der Waals surface area contributed by atoms with Crippen LogP contribution in [0.5, 0.6) is 0 Å². The SMILES string of the molecule is NC(=O)C1CCCN(c2ccc(F)c(F)c2)C1. The zero-order valence-electron chi connectivity index (χ0n) is 9.33. The van der Waals surface area contributed by atoms with Crippen molar-refractivity contribution in [2.24, 2.45) is 11.7 Å². The summed E-state index contributed by atoms with van der Waals surface area (Å²) in [6.45, 7) is 1.20. The Bertz CT molecular complexity index is 437. The number of benzene rings is 1. The first-order chi connectivity index (χ1) is 8.08. The van der Waals surface area contributed by atoms with Crippen LogP contribution in [0.2, 0.25) is 0 Å². The number of carbonyl (C=O) groups excluding carboxylic acids is 1. The Morgan fingerprint density at radius 1 is 1.35 bits per heavy atom. The fraction of sp³-hybridized carbons (Fsp3) is 0.417. The minimum atomic E-state index is -0.872. The van der Waals surface area contributed by atoms with Gasteiger partial charge in [0.2, 0.25) is 5.91 Å². The predicted octanol–water partition coefficient (Wildman–Crippen LogP) is 1.67. The molecule has 0 aromatic heterocycles. The van der Waals surface area contributed by atoms with Crippen molar-refractivity contribution in [3.63, 3.8) is 0 Å². The standard InChI is InChI=1S/C12H14F2N2O/c13-10-4-3-9(6-11(10)14)16-5-1-2-8(7-16)12(15)17/h3-4,6,8H,1-2,5,7H2,(H2,15,17). The lowest BCUT2D eigenvalue weighted by atomic mass is 9.97. The number of rotatable bonds is 2. The average Bonchev–Trinajstić information content (AvgIpc) is 2.33. The average molecular weight is 240 g/mol. The van der Waals surface area contributed by atoms with Crippen LogP contribution >= 0.6 is 0 Å². The third kappa shape index (κ3) is 2.54. The summed E-state index contributed by atoms with van der Waals surface area (Å²) in [5.41, 5.74) is 5.85. The zero-order valence-corrected chi connectivity index (χ0v) is 9.33. The number of amides is 1. The van der Waals surface area contributed by atoms with Crippen LogP contribution < -0.4 is 10.6 Å². The molecule has 92 valence electrons. The van der Waals surface area contributed by atoms with Gasteiger partial charge in [0.1, 0.15) is 0 Å². The maximum absolute atomic E-state index is 13.1. The molecule has 1 fully saturated rings. The second-order valence-electron chi connectivity index (χ2n) is 4.29. The monoisotopic (exact) mass is 240 g/mol. The van der Waals surface area contributed by atoms with Crippen molar-refractivity contribution in [3.8, 4) is 0 Å². The highest BCUT2D eigenvalue weighted by Gasteiger charge is 2.24. The van der Waals surface area contributed by atoms with Crippen molar-refractivity contribution in [3.05, 3.63) is 29.8 Å². The molecule has 0 bridgehead atoms. The summed E-state index contributed by atoms with van der Waals surface area (Å²) in [6, 6.07) is 3.76. The van der Waals surface area contributed by atoms with Crippen LogP contribution in [-0.2, 0) is 4.79 Å². The summed E-state index contributed by atoms with van der Waals surface area (Å²) in [6.07, 6.45) is 1.59. The van der Waals surface area contributed by atoms with Gasteiger partial charge in [0.05, 0.1) is 5.92 Å². The Morgan fingerprint density at radius 3 is 2.76 bits per heavy atom. The van der Waals surface area contributed by atoms with Crippen molar-refractivity contribution in [2.45, 2.75) is 12.8 Å². The van der Waals surface area contributed by atoms with E-state index in [1.54, 1.807) is 0 Å². The van der Waals surface area contributed by atoms with Gasteiger partial charge in [-0.1, -0.05) is 0 Å². The zero-order chi connectivity index (χ0) is 12.4. The molecule has 3 nitrogen and oxygen atoms in total. The fourth-order valence-electron chi connectivity index (χ4n) is 2.13. The van der Waals surface area contributed by atoms with E-state index >= 15 is 0 Å². The van der Waals surface area contributed by atoms with E-state index in [1.165, 1.54) is 6.07 Å². The highest BCUT2D eigenvalue weighted by atomic mass is 19.2. The number of hydrogen-bond donors (Lipinski definition) is 1. The van der Waals surface area contributed by atoms with E-state index in [-0.39, 0.29) is 11.8 Å². The van der Waals surface area contributed by atoms with Crippen LogP contribution in [0.3, 0.4) is 0 Å². The molecule has 1 saturated heterocycles. The van der Waals surface area contributed by atoms with Gasteiger partial charge in [-0.2, -0.15) is 0 Å². The first kappa shape index (κ1) is 11.8. The third-order valence-electron chi connectivity index (χ3n) is 3.09. The molecule has 2 N–H and O–H groups in total. The molecule has 2 rings (SSSR count). The molecule has 0 radical (unpaired) electrons. The molecule has 1 amide bonds. The molecule has 1 heterocycles. The number of carbonyl (C=O) groups is 1. The molecular formula is C12H14F2N2O. The largest absolute Gasteiger partial charge is 0.371 e. The van der Waals surface area contributed by atoms with E-state index in [1.807, 2.05) is 4.90 Å². The molecule has 1 unspecified atom stereocenters. The fourth-order valence-corrected chi connectivity index (χ4v) is 2.13. The van der Waals surface area contributed by atoms with Crippen LogP contribution in [0.4, 0.5) is 14.5 Å². The second-order valence-corrected chi connectivity index (χ2v) is 4.29. The lowest BCUT2D eigenvalue weighted by molar-refractivity contribution is -0.122. The molecule has 0 aliphatic carbocycles. The number of primary amides is 1. The van der Waals surface area contributed by atoms with Crippen molar-refractivity contribution in [1.29, 1.82) is 0 Å². The van der Waals surface area contributed by atoms with Gasteiger partial charge in [0, 0.05) is 24.8 Å². The maximum Gasteiger partial charge on any atom is 0.222 e. The number of nitrogens with two attached hydrogens (primary N) is 1. The summed E-state index contributed by atoms with van der Waals surface area (Å²) in [7, 11) is 0. The Kier molecular flexibility index (Phi) is 3.26. The number of nitrogens with zero attached hydrogens (tertiary/aromatic N) is 1. The lowest BCUT2D eigenvalue weighted by Crippen LogP contribution is -2.41. The highest BCUT2D eigenvalue weighted by molar-refractivity contribution is 5.77. The van der Waals surface area contributed by atoms with Crippen LogP contribution in [0, 0.1) is 17.6 Å². The van der Waals surface area contributed by atoms with E-state index < -0.39 is 11.6 Å². The summed E-state index contributed by atoms with van der Waals surface area (Å²) < 4.78 is 25.9. The van der Waals surface area contributed by atoms with Gasteiger partial charge in [-0.3, -0.25) is 4.79 Å². The van der Waals surface area contributed by atoms with Gasteiger partial charge in [-0.15, -0.1) is 0 Å². The lowest BCUT2D eigenvalue weighted by Gasteiger charge is -2.33. The summed E-state index contributed by atoms with van der Waals surface area (Å²) in [5, 5.41) is 0. The third-order valence-corrected chi connectivity index (χ3v) is 3.09. The highest BCUT2D eigenvalue weighted by Crippen LogP contribution is 2.24. The van der Waals surface area contributed by atoms with Gasteiger partial charge in [-0.25, -0.2) is 8.78 Å². The van der Waals surface area contributed by atoms with Crippen LogP contribution in [-0.4, -0.2) is 19.0 Å². The molecule has 17 heavy (non-hydrogen) atoms. The topological polar surface area (TPSA) is 46.3 Å². The Labute approximate surface area is 98.2 Å². The molecule has 5 heteroatoms. The molecular weight excluding hydrogens is 226 g/mol. The van der Waals surface area contributed by atoms with E-state index in [9.17, 15) is 13.6 Å². The van der Waals surface area contributed by atoms with Gasteiger partial charge in [0.25, 0.3) is 0 Å². The van der Waals surface area contributed by atoms with Gasteiger partial charge < -0.3 is 10.6 Å². The van der Waals surface area contributed by atoms with E-state index in [2.05, 4.69) is 0 Å². The quantitative estimate of drug-likeness (QED) is 0.854. The van der Waals surface area contributed by atoms with Crippen molar-refractivity contribution in [2.75, 3.05) is 18.0 Å². The first-order valence-corrected chi connectivity index (χ1v) is 5.57. The maximum atomic E-state index is 13.1. The molecule has 1 aromatic carbocycles. The normalized spacial score (nSPS) is 20.4. The van der Waals surface area contributed by atoms with E-state index in [4.69, 9.17) is 5.73 Å². The summed E-state index contributed by atoms with van der Waals surface area (Å²) in [5.74, 6) is -2.28. The molecule has 1 aromatic rings. The van der Waals surface area contributed by atoms with Gasteiger partial charge in [-0.05, 0) is 25.0 Å². The van der Waals surface area contributed by atoms with Gasteiger partial charge in [0.15, 0.2) is 11.6 Å². The smallest absolute Gasteiger partial charge is 0.222 e. The van der Waals surface area contributed by atoms with E-state index in [0.717, 1.165) is 31.5 Å². The van der Waals surface area contributed by atoms with Crippen molar-refractivity contribution < 1.29 is 13.6 Å². The Morgan fingerprint density at radius 2 is 2.12 bits per heavy atom. The molecule has 1 aliphatic rings. The van der Waals surface area contributed by atoms with Crippen molar-refractivity contribution >= 4 is 11.6 Å². The first-order valence-electron chi connectivity index (χ1n) is 5.57. The molecule has 0 saturated carbocycles. The predicted molar refractivity (Wildman–Crippen MR) is 60.5 cm³/mol.